The Hall–Kier alpha value is -4.78. The lowest BCUT2D eigenvalue weighted by atomic mass is 9.98. The smallest absolute Gasteiger partial charge is 0.415 e. The van der Waals surface area contributed by atoms with Gasteiger partial charge in [-0.05, 0) is 52.1 Å². The molecule has 7 nitrogen and oxygen atoms in total. The molecule has 0 bridgehead atoms. The van der Waals surface area contributed by atoms with Crippen molar-refractivity contribution in [2.75, 3.05) is 11.5 Å². The topological polar surface area (TPSA) is 103 Å². The van der Waals surface area contributed by atoms with E-state index < -0.39 is 18.1 Å². The molecule has 0 heterocycles. The highest BCUT2D eigenvalue weighted by atomic mass is 16.6. The molecule has 5 rings (SSSR count). The maximum Gasteiger partial charge on any atom is 0.415 e. The predicted octanol–water partition coefficient (Wildman–Crippen LogP) is 6.80. The summed E-state index contributed by atoms with van der Waals surface area (Å²) in [7, 11) is 0. The number of nitrogens with zero attached hydrogens (tertiary/aromatic N) is 2. The number of fused-ring (bicyclic) bond motifs is 3. The first kappa shape index (κ1) is 23.9. The zero-order valence-corrected chi connectivity index (χ0v) is 20.0. The summed E-state index contributed by atoms with van der Waals surface area (Å²) < 4.78 is 5.84. The van der Waals surface area contributed by atoms with Crippen LogP contribution < -0.4 is 4.90 Å². The fourth-order valence-electron chi connectivity index (χ4n) is 4.89. The van der Waals surface area contributed by atoms with E-state index in [0.29, 0.717) is 11.4 Å². The van der Waals surface area contributed by atoms with Crippen LogP contribution in [0.4, 0.5) is 16.2 Å². The molecule has 184 valence electrons. The third-order valence-electron chi connectivity index (χ3n) is 6.66. The summed E-state index contributed by atoms with van der Waals surface area (Å²) in [6.45, 7) is 0.0706. The number of hydrogen-bond acceptors (Lipinski definition) is 5. The van der Waals surface area contributed by atoms with Gasteiger partial charge in [0, 0.05) is 18.0 Å². The van der Waals surface area contributed by atoms with Gasteiger partial charge in [0.2, 0.25) is 0 Å². The third-order valence-corrected chi connectivity index (χ3v) is 6.66. The van der Waals surface area contributed by atoms with Crippen LogP contribution >= 0.6 is 0 Å². The maximum atomic E-state index is 13.6. The van der Waals surface area contributed by atoms with E-state index in [2.05, 4.69) is 17.2 Å². The molecule has 1 aliphatic rings. The molecule has 7 heteroatoms. The molecule has 4 aromatic carbocycles. The van der Waals surface area contributed by atoms with Crippen LogP contribution in [-0.4, -0.2) is 29.8 Å². The summed E-state index contributed by atoms with van der Waals surface area (Å²) in [5, 5.41) is 13.6. The van der Waals surface area contributed by atoms with Gasteiger partial charge in [-0.15, -0.1) is 0 Å². The zero-order valence-electron chi connectivity index (χ0n) is 20.0. The van der Waals surface area contributed by atoms with Crippen LogP contribution in [0.3, 0.4) is 0 Å². The Labute approximate surface area is 214 Å². The van der Waals surface area contributed by atoms with E-state index in [1.54, 1.807) is 24.3 Å². The molecule has 0 saturated heterocycles. The van der Waals surface area contributed by atoms with Crippen LogP contribution in [0.5, 0.6) is 0 Å². The molecule has 0 saturated carbocycles. The number of carbonyl (C=O) groups excluding carboxylic acids is 1. The summed E-state index contributed by atoms with van der Waals surface area (Å²) in [5.74, 6) is -1.30. The molecular formula is C30H25N3O4. The minimum Gasteiger partial charge on any atom is -0.480 e. The molecule has 0 aliphatic heterocycles. The highest BCUT2D eigenvalue weighted by Crippen LogP contribution is 2.44. The highest BCUT2D eigenvalue weighted by Gasteiger charge is 2.35. The molecule has 2 N–H and O–H groups in total. The van der Waals surface area contributed by atoms with E-state index in [-0.39, 0.29) is 18.9 Å². The number of carbonyl (C=O) groups is 2. The first-order chi connectivity index (χ1) is 18.1. The standard InChI is InChI=1S/C30H25N3O4/c31-32-21-14-16-22(17-15-21)33(28(29(34)35)18-20-8-2-1-3-9-20)30(36)37-19-27-25-12-6-4-10-23(25)24-11-5-7-13-26(24)27/h1-17,27-28,31H,18-19H2,(H,34,35)/t28-/m0/s1. The van der Waals surface area contributed by atoms with Gasteiger partial charge < -0.3 is 9.84 Å². The van der Waals surface area contributed by atoms with Crippen molar-refractivity contribution >= 4 is 23.4 Å². The number of carboxylic acids is 1. The Morgan fingerprint density at radius 1 is 0.838 bits per heavy atom. The Morgan fingerprint density at radius 2 is 1.41 bits per heavy atom. The molecule has 37 heavy (non-hydrogen) atoms. The molecular weight excluding hydrogens is 466 g/mol. The lowest BCUT2D eigenvalue weighted by Crippen LogP contribution is -2.47. The quantitative estimate of drug-likeness (QED) is 0.265. The molecule has 0 fully saturated rings. The number of hydrogen-bond donors (Lipinski definition) is 2. The van der Waals surface area contributed by atoms with Crippen molar-refractivity contribution < 1.29 is 19.4 Å². The third kappa shape index (κ3) is 4.84. The minimum absolute atomic E-state index is 0.0706. The molecule has 0 aromatic heterocycles. The van der Waals surface area contributed by atoms with Crippen LogP contribution in [0.2, 0.25) is 0 Å². The molecule has 4 aromatic rings. The molecule has 0 unspecified atom stereocenters. The minimum atomic E-state index is -1.20. The van der Waals surface area contributed by atoms with Crippen LogP contribution in [-0.2, 0) is 16.0 Å². The molecule has 1 aliphatic carbocycles. The second kappa shape index (κ2) is 10.5. The summed E-state index contributed by atoms with van der Waals surface area (Å²) >= 11 is 0. The first-order valence-electron chi connectivity index (χ1n) is 12.0. The zero-order chi connectivity index (χ0) is 25.8. The van der Waals surface area contributed by atoms with Gasteiger partial charge in [-0.25, -0.2) is 15.1 Å². The van der Waals surface area contributed by atoms with Crippen LogP contribution in [0.1, 0.15) is 22.6 Å². The van der Waals surface area contributed by atoms with Gasteiger partial charge in [0.05, 0.1) is 5.69 Å². The Balaban J connectivity index is 1.45. The highest BCUT2D eigenvalue weighted by molar-refractivity contribution is 5.95. The van der Waals surface area contributed by atoms with Crippen molar-refractivity contribution in [3.63, 3.8) is 0 Å². The van der Waals surface area contributed by atoms with Gasteiger partial charge in [-0.2, -0.15) is 5.11 Å². The van der Waals surface area contributed by atoms with E-state index in [9.17, 15) is 14.7 Å². The summed E-state index contributed by atoms with van der Waals surface area (Å²) in [5.41, 5.74) is 13.1. The number of carboxylic acid groups (broad SMARTS) is 1. The lowest BCUT2D eigenvalue weighted by molar-refractivity contribution is -0.138. The van der Waals surface area contributed by atoms with Gasteiger partial charge in [-0.3, -0.25) is 4.90 Å². The number of aliphatic carboxylic acids is 1. The molecule has 0 spiro atoms. The number of rotatable bonds is 8. The summed E-state index contributed by atoms with van der Waals surface area (Å²) in [6.07, 6.45) is -0.647. The summed E-state index contributed by atoms with van der Waals surface area (Å²) in [4.78, 5) is 27.2. The Bertz CT molecular complexity index is 1390. The van der Waals surface area contributed by atoms with Gasteiger partial charge in [0.15, 0.2) is 0 Å². The molecule has 0 radical (unpaired) electrons. The van der Waals surface area contributed by atoms with Crippen molar-refractivity contribution in [2.24, 2.45) is 5.11 Å². The average Bonchev–Trinajstić information content (AvgIpc) is 3.26. The number of nitrogens with one attached hydrogen (secondary N) is 1. The Kier molecular flexibility index (Phi) is 6.76. The van der Waals surface area contributed by atoms with E-state index in [0.717, 1.165) is 27.8 Å². The van der Waals surface area contributed by atoms with Gasteiger partial charge in [0.25, 0.3) is 0 Å². The van der Waals surface area contributed by atoms with E-state index >= 15 is 0 Å². The van der Waals surface area contributed by atoms with Crippen LogP contribution in [0.25, 0.3) is 11.1 Å². The van der Waals surface area contributed by atoms with Crippen molar-refractivity contribution in [1.29, 1.82) is 5.53 Å². The van der Waals surface area contributed by atoms with Crippen LogP contribution in [0, 0.1) is 5.53 Å². The van der Waals surface area contributed by atoms with Crippen molar-refractivity contribution in [2.45, 2.75) is 18.4 Å². The lowest BCUT2D eigenvalue weighted by Gasteiger charge is -2.29. The van der Waals surface area contributed by atoms with E-state index in [1.807, 2.05) is 66.7 Å². The van der Waals surface area contributed by atoms with E-state index in [4.69, 9.17) is 10.3 Å². The van der Waals surface area contributed by atoms with Crippen molar-refractivity contribution in [3.05, 3.63) is 120 Å². The number of ether oxygens (including phenoxy) is 1. The summed E-state index contributed by atoms with van der Waals surface area (Å²) in [6, 6.07) is 30.3. The number of benzene rings is 4. The van der Waals surface area contributed by atoms with Crippen molar-refractivity contribution in [3.8, 4) is 11.1 Å². The SMILES string of the molecule is N=Nc1ccc(N(C(=O)OCC2c3ccccc3-c3ccccc32)[C@@H](Cc2ccccc2)C(=O)O)cc1. The number of anilines is 1. The second-order valence-electron chi connectivity index (χ2n) is 8.85. The Morgan fingerprint density at radius 3 is 1.97 bits per heavy atom. The van der Waals surface area contributed by atoms with E-state index in [1.165, 1.54) is 4.90 Å². The molecule has 1 amide bonds. The molecule has 1 atom stereocenters. The number of amides is 1. The fourth-order valence-corrected chi connectivity index (χ4v) is 4.89. The monoisotopic (exact) mass is 491 g/mol. The first-order valence-corrected chi connectivity index (χ1v) is 12.0. The maximum absolute atomic E-state index is 13.6. The second-order valence-corrected chi connectivity index (χ2v) is 8.85. The normalized spacial score (nSPS) is 12.8. The largest absolute Gasteiger partial charge is 0.480 e. The van der Waals surface area contributed by atoms with Crippen LogP contribution in [0.15, 0.2) is 108 Å². The van der Waals surface area contributed by atoms with Gasteiger partial charge in [-0.1, -0.05) is 78.9 Å². The predicted molar refractivity (Wildman–Crippen MR) is 140 cm³/mol. The van der Waals surface area contributed by atoms with Gasteiger partial charge >= 0.3 is 12.1 Å². The average molecular weight is 492 g/mol. The van der Waals surface area contributed by atoms with Gasteiger partial charge in [0.1, 0.15) is 12.6 Å². The van der Waals surface area contributed by atoms with Crippen molar-refractivity contribution in [1.82, 2.24) is 0 Å². The fraction of sp³-hybridized carbons (Fsp3) is 0.133.